The predicted molar refractivity (Wildman–Crippen MR) is 72.3 cm³/mol. The Morgan fingerprint density at radius 2 is 1.82 bits per heavy atom. The van der Waals surface area contributed by atoms with Gasteiger partial charge in [-0.25, -0.2) is 0 Å². The molecule has 0 amide bonds. The van der Waals surface area contributed by atoms with E-state index in [0.717, 1.165) is 0 Å². The molecule has 0 bridgehead atoms. The van der Waals surface area contributed by atoms with Gasteiger partial charge >= 0.3 is 0 Å². The van der Waals surface area contributed by atoms with Crippen molar-refractivity contribution >= 4 is 29.0 Å². The van der Waals surface area contributed by atoms with E-state index >= 15 is 0 Å². The lowest BCUT2D eigenvalue weighted by atomic mass is 9.88. The summed E-state index contributed by atoms with van der Waals surface area (Å²) in [6.07, 6.45) is 0.659. The van der Waals surface area contributed by atoms with Crippen LogP contribution in [-0.2, 0) is 0 Å². The van der Waals surface area contributed by atoms with E-state index in [4.69, 9.17) is 39.1 Å². The Kier molecular flexibility index (Phi) is 4.66. The highest BCUT2D eigenvalue weighted by atomic mass is 35.5. The van der Waals surface area contributed by atoms with Gasteiger partial charge in [0, 0.05) is 15.5 Å². The van der Waals surface area contributed by atoms with E-state index in [2.05, 4.69) is 0 Å². The lowest BCUT2D eigenvalue weighted by Crippen LogP contribution is -2.32. The molecule has 0 aliphatic rings. The standard InChI is InChI=1S/C12H16Cl2N2O/c1-12(2,11(15)16)3-4-17-10-6-8(13)5-9(14)7-10/h5-7H,3-4H2,1-2H3,(H3,15,16). The zero-order valence-electron chi connectivity index (χ0n) is 9.89. The van der Waals surface area contributed by atoms with Gasteiger partial charge in [0.1, 0.15) is 5.75 Å². The van der Waals surface area contributed by atoms with Crippen LogP contribution < -0.4 is 10.5 Å². The van der Waals surface area contributed by atoms with Crippen molar-refractivity contribution in [1.82, 2.24) is 0 Å². The number of hydrogen-bond acceptors (Lipinski definition) is 2. The fraction of sp³-hybridized carbons (Fsp3) is 0.417. The molecule has 5 heteroatoms. The maximum Gasteiger partial charge on any atom is 0.122 e. The molecule has 0 unspecified atom stereocenters. The molecule has 1 aromatic carbocycles. The lowest BCUT2D eigenvalue weighted by molar-refractivity contribution is 0.269. The van der Waals surface area contributed by atoms with Crippen LogP contribution in [0.15, 0.2) is 18.2 Å². The largest absolute Gasteiger partial charge is 0.493 e. The van der Waals surface area contributed by atoms with Crippen molar-refractivity contribution in [2.75, 3.05) is 6.61 Å². The van der Waals surface area contributed by atoms with Gasteiger partial charge in [0.05, 0.1) is 12.4 Å². The number of ether oxygens (including phenoxy) is 1. The quantitative estimate of drug-likeness (QED) is 0.635. The Morgan fingerprint density at radius 3 is 2.29 bits per heavy atom. The molecule has 3 N–H and O–H groups in total. The Bertz CT molecular complexity index is 399. The second kappa shape index (κ2) is 5.61. The van der Waals surface area contributed by atoms with E-state index in [-0.39, 0.29) is 11.3 Å². The van der Waals surface area contributed by atoms with Gasteiger partial charge in [-0.05, 0) is 24.6 Å². The average molecular weight is 275 g/mol. The number of nitrogens with one attached hydrogen (secondary N) is 1. The van der Waals surface area contributed by atoms with Crippen molar-refractivity contribution in [1.29, 1.82) is 5.41 Å². The van der Waals surface area contributed by atoms with E-state index < -0.39 is 0 Å². The molecule has 3 nitrogen and oxygen atoms in total. The van der Waals surface area contributed by atoms with Crippen molar-refractivity contribution in [3.8, 4) is 5.75 Å². The molecule has 0 radical (unpaired) electrons. The molecule has 94 valence electrons. The smallest absolute Gasteiger partial charge is 0.122 e. The SMILES string of the molecule is CC(C)(CCOc1cc(Cl)cc(Cl)c1)C(=N)N. The average Bonchev–Trinajstić information content (AvgIpc) is 2.15. The molecule has 0 aliphatic carbocycles. The summed E-state index contributed by atoms with van der Waals surface area (Å²) in [5, 5.41) is 8.51. The number of nitrogens with two attached hydrogens (primary N) is 1. The molecule has 17 heavy (non-hydrogen) atoms. The van der Waals surface area contributed by atoms with Crippen LogP contribution in [0.2, 0.25) is 10.0 Å². The Hall–Kier alpha value is -0.930. The predicted octanol–water partition coefficient (Wildman–Crippen LogP) is 3.72. The number of amidine groups is 1. The van der Waals surface area contributed by atoms with Gasteiger partial charge in [0.15, 0.2) is 0 Å². The topological polar surface area (TPSA) is 59.1 Å². The summed E-state index contributed by atoms with van der Waals surface area (Å²) in [5.74, 6) is 0.784. The van der Waals surface area contributed by atoms with E-state index in [1.807, 2.05) is 13.8 Å². The first-order valence-corrected chi connectivity index (χ1v) is 6.00. The first-order valence-electron chi connectivity index (χ1n) is 5.25. The van der Waals surface area contributed by atoms with Crippen LogP contribution in [0.5, 0.6) is 5.75 Å². The normalized spacial score (nSPS) is 11.3. The van der Waals surface area contributed by atoms with Gasteiger partial charge in [0.2, 0.25) is 0 Å². The molecule has 0 aliphatic heterocycles. The summed E-state index contributed by atoms with van der Waals surface area (Å²) < 4.78 is 5.53. The maximum atomic E-state index is 7.43. The van der Waals surface area contributed by atoms with Crippen LogP contribution in [0, 0.1) is 10.8 Å². The lowest BCUT2D eigenvalue weighted by Gasteiger charge is -2.22. The molecule has 1 aromatic rings. The monoisotopic (exact) mass is 274 g/mol. The second-order valence-corrected chi connectivity index (χ2v) is 5.37. The van der Waals surface area contributed by atoms with E-state index in [1.165, 1.54) is 0 Å². The third-order valence-corrected chi connectivity index (χ3v) is 3.00. The Labute approximate surface area is 111 Å². The van der Waals surface area contributed by atoms with Gasteiger partial charge in [-0.1, -0.05) is 37.0 Å². The van der Waals surface area contributed by atoms with E-state index in [9.17, 15) is 0 Å². The molecular formula is C12H16Cl2N2O. The number of rotatable bonds is 5. The highest BCUT2D eigenvalue weighted by Gasteiger charge is 2.21. The van der Waals surface area contributed by atoms with Crippen molar-refractivity contribution in [3.63, 3.8) is 0 Å². The van der Waals surface area contributed by atoms with Gasteiger partial charge in [0.25, 0.3) is 0 Å². The Morgan fingerprint density at radius 1 is 1.29 bits per heavy atom. The number of hydrogen-bond donors (Lipinski definition) is 2. The van der Waals surface area contributed by atoms with E-state index in [0.29, 0.717) is 28.8 Å². The minimum Gasteiger partial charge on any atom is -0.493 e. The summed E-state index contributed by atoms with van der Waals surface area (Å²) in [5.41, 5.74) is 5.12. The van der Waals surface area contributed by atoms with Crippen LogP contribution in [0.1, 0.15) is 20.3 Å². The first kappa shape index (κ1) is 14.1. The van der Waals surface area contributed by atoms with Gasteiger partial charge in [-0.15, -0.1) is 0 Å². The summed E-state index contributed by atoms with van der Waals surface area (Å²) in [6, 6.07) is 5.05. The zero-order valence-corrected chi connectivity index (χ0v) is 11.4. The highest BCUT2D eigenvalue weighted by Crippen LogP contribution is 2.25. The minimum absolute atomic E-state index is 0.158. The summed E-state index contributed by atoms with van der Waals surface area (Å²) in [6.45, 7) is 4.27. The number of benzene rings is 1. The highest BCUT2D eigenvalue weighted by molar-refractivity contribution is 6.34. The molecule has 0 saturated heterocycles. The van der Waals surface area contributed by atoms with Crippen molar-refractivity contribution in [2.24, 2.45) is 11.1 Å². The van der Waals surface area contributed by atoms with Crippen LogP contribution in [0.3, 0.4) is 0 Å². The number of halogens is 2. The van der Waals surface area contributed by atoms with E-state index in [1.54, 1.807) is 18.2 Å². The molecule has 1 rings (SSSR count). The Balaban J connectivity index is 2.54. The fourth-order valence-corrected chi connectivity index (χ4v) is 1.68. The molecule has 0 spiro atoms. The van der Waals surface area contributed by atoms with Crippen molar-refractivity contribution < 1.29 is 4.74 Å². The summed E-state index contributed by atoms with van der Waals surface area (Å²) >= 11 is 11.7. The zero-order chi connectivity index (χ0) is 13.1. The molecule has 0 aromatic heterocycles. The minimum atomic E-state index is -0.359. The fourth-order valence-electron chi connectivity index (χ4n) is 1.17. The first-order chi connectivity index (χ1) is 7.81. The van der Waals surface area contributed by atoms with Crippen LogP contribution >= 0.6 is 23.2 Å². The van der Waals surface area contributed by atoms with Crippen molar-refractivity contribution in [3.05, 3.63) is 28.2 Å². The molecule has 0 fully saturated rings. The van der Waals surface area contributed by atoms with Gasteiger partial charge in [-0.2, -0.15) is 0 Å². The van der Waals surface area contributed by atoms with Gasteiger partial charge < -0.3 is 10.5 Å². The summed E-state index contributed by atoms with van der Waals surface area (Å²) in [4.78, 5) is 0. The second-order valence-electron chi connectivity index (χ2n) is 4.50. The van der Waals surface area contributed by atoms with Crippen LogP contribution in [-0.4, -0.2) is 12.4 Å². The molecular weight excluding hydrogens is 259 g/mol. The van der Waals surface area contributed by atoms with Gasteiger partial charge in [-0.3, -0.25) is 5.41 Å². The van der Waals surface area contributed by atoms with Crippen LogP contribution in [0.25, 0.3) is 0 Å². The molecule has 0 heterocycles. The summed E-state index contributed by atoms with van der Waals surface area (Å²) in [7, 11) is 0. The third-order valence-electron chi connectivity index (χ3n) is 2.56. The molecule has 0 atom stereocenters. The molecule has 0 saturated carbocycles. The van der Waals surface area contributed by atoms with Crippen LogP contribution in [0.4, 0.5) is 0 Å². The van der Waals surface area contributed by atoms with Crippen molar-refractivity contribution in [2.45, 2.75) is 20.3 Å². The maximum absolute atomic E-state index is 7.43. The third kappa shape index (κ3) is 4.44.